The second kappa shape index (κ2) is 8.95. The van der Waals surface area contributed by atoms with E-state index in [1.807, 2.05) is 0 Å². The number of halogens is 1. The quantitative estimate of drug-likeness (QED) is 0.802. The van der Waals surface area contributed by atoms with Gasteiger partial charge in [0.15, 0.2) is 11.5 Å². The molecule has 0 spiro atoms. The van der Waals surface area contributed by atoms with Gasteiger partial charge < -0.3 is 25.0 Å². The largest absolute Gasteiger partial charge is 0.493 e. The van der Waals surface area contributed by atoms with Crippen LogP contribution in [0.25, 0.3) is 0 Å². The molecule has 2 aromatic carbocycles. The molecule has 2 N–H and O–H groups in total. The van der Waals surface area contributed by atoms with Gasteiger partial charge in [-0.05, 0) is 36.4 Å². The average molecular weight is 404 g/mol. The molecule has 1 aliphatic rings. The van der Waals surface area contributed by atoms with Crippen LogP contribution in [0.2, 0.25) is 5.02 Å². The molecule has 148 valence electrons. The van der Waals surface area contributed by atoms with E-state index in [1.165, 1.54) is 14.2 Å². The Hall–Kier alpha value is -2.77. The highest BCUT2D eigenvalue weighted by Gasteiger charge is 2.20. The van der Waals surface area contributed by atoms with Crippen LogP contribution in [0.4, 0.5) is 5.69 Å². The van der Waals surface area contributed by atoms with E-state index in [2.05, 4.69) is 10.6 Å². The molecule has 0 aromatic heterocycles. The lowest BCUT2D eigenvalue weighted by Gasteiger charge is -2.27. The SMILES string of the molecule is COc1ccc(C(=O)Nc2ccc(C(=O)N3CCNCC3)c(Cl)c2)cc1OC. The zero-order chi connectivity index (χ0) is 20.1. The number of rotatable bonds is 5. The lowest BCUT2D eigenvalue weighted by atomic mass is 10.1. The molecule has 8 heteroatoms. The Morgan fingerprint density at radius 3 is 2.39 bits per heavy atom. The highest BCUT2D eigenvalue weighted by atomic mass is 35.5. The Balaban J connectivity index is 1.73. The maximum Gasteiger partial charge on any atom is 0.255 e. The van der Waals surface area contributed by atoms with Gasteiger partial charge in [-0.15, -0.1) is 0 Å². The summed E-state index contributed by atoms with van der Waals surface area (Å²) in [4.78, 5) is 26.9. The molecule has 0 bridgehead atoms. The van der Waals surface area contributed by atoms with E-state index in [0.717, 1.165) is 13.1 Å². The summed E-state index contributed by atoms with van der Waals surface area (Å²) in [5.74, 6) is 0.575. The molecule has 3 rings (SSSR count). The van der Waals surface area contributed by atoms with Gasteiger partial charge in [0.2, 0.25) is 0 Å². The second-order valence-electron chi connectivity index (χ2n) is 6.26. The summed E-state index contributed by atoms with van der Waals surface area (Å²) in [6.45, 7) is 2.82. The standard InChI is InChI=1S/C20H22ClN3O4/c1-27-17-6-3-13(11-18(17)28-2)19(25)23-14-4-5-15(16(21)12-14)20(26)24-9-7-22-8-10-24/h3-6,11-12,22H,7-10H2,1-2H3,(H,23,25). The predicted octanol–water partition coefficient (Wildman–Crippen LogP) is 2.65. The van der Waals surface area contributed by atoms with Crippen molar-refractivity contribution in [3.63, 3.8) is 0 Å². The lowest BCUT2D eigenvalue weighted by Crippen LogP contribution is -2.46. The molecular formula is C20H22ClN3O4. The number of anilines is 1. The summed E-state index contributed by atoms with van der Waals surface area (Å²) < 4.78 is 10.4. The van der Waals surface area contributed by atoms with Crippen LogP contribution in [-0.4, -0.2) is 57.1 Å². The number of hydrogen-bond donors (Lipinski definition) is 2. The minimum Gasteiger partial charge on any atom is -0.493 e. The van der Waals surface area contributed by atoms with E-state index >= 15 is 0 Å². The van der Waals surface area contributed by atoms with Crippen LogP contribution in [0.15, 0.2) is 36.4 Å². The summed E-state index contributed by atoms with van der Waals surface area (Å²) in [6.07, 6.45) is 0. The first-order valence-electron chi connectivity index (χ1n) is 8.86. The molecule has 28 heavy (non-hydrogen) atoms. The lowest BCUT2D eigenvalue weighted by molar-refractivity contribution is 0.0736. The fourth-order valence-electron chi connectivity index (χ4n) is 2.99. The summed E-state index contributed by atoms with van der Waals surface area (Å²) in [6, 6.07) is 9.78. The number of nitrogens with one attached hydrogen (secondary N) is 2. The molecule has 2 amide bonds. The van der Waals surface area contributed by atoms with Gasteiger partial charge in [0.05, 0.1) is 24.8 Å². The van der Waals surface area contributed by atoms with E-state index < -0.39 is 0 Å². The van der Waals surface area contributed by atoms with Crippen molar-refractivity contribution in [2.75, 3.05) is 45.7 Å². The highest BCUT2D eigenvalue weighted by molar-refractivity contribution is 6.34. The number of methoxy groups -OCH3 is 2. The van der Waals surface area contributed by atoms with Crippen molar-refractivity contribution in [2.45, 2.75) is 0 Å². The minimum absolute atomic E-state index is 0.107. The number of carbonyl (C=O) groups excluding carboxylic acids is 2. The molecule has 0 radical (unpaired) electrons. The van der Waals surface area contributed by atoms with Gasteiger partial charge in [-0.3, -0.25) is 9.59 Å². The van der Waals surface area contributed by atoms with Crippen LogP contribution in [0.1, 0.15) is 20.7 Å². The third-order valence-corrected chi connectivity index (χ3v) is 4.82. The monoisotopic (exact) mass is 403 g/mol. The van der Waals surface area contributed by atoms with Crippen molar-refractivity contribution >= 4 is 29.1 Å². The predicted molar refractivity (Wildman–Crippen MR) is 108 cm³/mol. The maximum atomic E-state index is 12.6. The number of ether oxygens (including phenoxy) is 2. The molecule has 7 nitrogen and oxygen atoms in total. The summed E-state index contributed by atoms with van der Waals surface area (Å²) >= 11 is 6.31. The van der Waals surface area contributed by atoms with Crippen LogP contribution in [0.5, 0.6) is 11.5 Å². The van der Waals surface area contributed by atoms with Crippen LogP contribution < -0.4 is 20.1 Å². The first-order chi connectivity index (χ1) is 13.5. The Labute approximate surface area is 168 Å². The van der Waals surface area contributed by atoms with Gasteiger partial charge in [0.1, 0.15) is 0 Å². The van der Waals surface area contributed by atoms with E-state index in [9.17, 15) is 9.59 Å². The second-order valence-corrected chi connectivity index (χ2v) is 6.67. The smallest absolute Gasteiger partial charge is 0.255 e. The van der Waals surface area contributed by atoms with Crippen molar-refractivity contribution in [3.05, 3.63) is 52.5 Å². The molecule has 0 aliphatic carbocycles. The first-order valence-corrected chi connectivity index (χ1v) is 9.24. The van der Waals surface area contributed by atoms with Gasteiger partial charge in [-0.1, -0.05) is 11.6 Å². The van der Waals surface area contributed by atoms with Gasteiger partial charge in [0, 0.05) is 37.4 Å². The molecular weight excluding hydrogens is 382 g/mol. The van der Waals surface area contributed by atoms with Crippen molar-refractivity contribution < 1.29 is 19.1 Å². The third-order valence-electron chi connectivity index (χ3n) is 4.51. The zero-order valence-corrected chi connectivity index (χ0v) is 16.5. The van der Waals surface area contributed by atoms with Gasteiger partial charge in [-0.25, -0.2) is 0 Å². The van der Waals surface area contributed by atoms with Crippen molar-refractivity contribution in [3.8, 4) is 11.5 Å². The number of amides is 2. The summed E-state index contributed by atoms with van der Waals surface area (Å²) in [5, 5.41) is 6.28. The third kappa shape index (κ3) is 4.37. The van der Waals surface area contributed by atoms with E-state index in [1.54, 1.807) is 41.3 Å². The van der Waals surface area contributed by atoms with Gasteiger partial charge in [0.25, 0.3) is 11.8 Å². The maximum absolute atomic E-state index is 12.6. The normalized spacial score (nSPS) is 13.8. The summed E-state index contributed by atoms with van der Waals surface area (Å²) in [7, 11) is 3.04. The van der Waals surface area contributed by atoms with E-state index in [4.69, 9.17) is 21.1 Å². The number of nitrogens with zero attached hydrogens (tertiary/aromatic N) is 1. The van der Waals surface area contributed by atoms with Gasteiger partial charge >= 0.3 is 0 Å². The zero-order valence-electron chi connectivity index (χ0n) is 15.8. The minimum atomic E-state index is -0.321. The Kier molecular flexibility index (Phi) is 6.38. The fraction of sp³-hybridized carbons (Fsp3) is 0.300. The topological polar surface area (TPSA) is 79.9 Å². The summed E-state index contributed by atoms with van der Waals surface area (Å²) in [5.41, 5.74) is 1.34. The van der Waals surface area contributed by atoms with Crippen LogP contribution in [-0.2, 0) is 0 Å². The van der Waals surface area contributed by atoms with E-state index in [-0.39, 0.29) is 11.8 Å². The Morgan fingerprint density at radius 2 is 1.75 bits per heavy atom. The Morgan fingerprint density at radius 1 is 1.04 bits per heavy atom. The number of benzene rings is 2. The fourth-order valence-corrected chi connectivity index (χ4v) is 3.25. The Bertz CT molecular complexity index is 882. The van der Waals surface area contributed by atoms with Crippen LogP contribution in [0, 0.1) is 0 Å². The van der Waals surface area contributed by atoms with Crippen molar-refractivity contribution in [1.82, 2.24) is 10.2 Å². The van der Waals surface area contributed by atoms with Gasteiger partial charge in [-0.2, -0.15) is 0 Å². The van der Waals surface area contributed by atoms with Crippen LogP contribution in [0.3, 0.4) is 0 Å². The van der Waals surface area contributed by atoms with Crippen molar-refractivity contribution in [2.24, 2.45) is 0 Å². The molecule has 1 aliphatic heterocycles. The van der Waals surface area contributed by atoms with Crippen LogP contribution >= 0.6 is 11.6 Å². The molecule has 2 aromatic rings. The average Bonchev–Trinajstić information content (AvgIpc) is 2.73. The molecule has 0 atom stereocenters. The molecule has 1 fully saturated rings. The molecule has 1 heterocycles. The van der Waals surface area contributed by atoms with E-state index in [0.29, 0.717) is 46.4 Å². The number of hydrogen-bond acceptors (Lipinski definition) is 5. The number of piperazine rings is 1. The molecule has 0 unspecified atom stereocenters. The van der Waals surface area contributed by atoms with Crippen molar-refractivity contribution in [1.29, 1.82) is 0 Å². The molecule has 0 saturated carbocycles. The highest BCUT2D eigenvalue weighted by Crippen LogP contribution is 2.28. The first kappa shape index (κ1) is 20.0. The number of carbonyl (C=O) groups is 2. The molecule has 1 saturated heterocycles.